The Morgan fingerprint density at radius 3 is 2.09 bits per heavy atom. The van der Waals surface area contributed by atoms with E-state index in [0.29, 0.717) is 6.42 Å². The lowest BCUT2D eigenvalue weighted by Crippen LogP contribution is -2.20. The summed E-state index contributed by atoms with van der Waals surface area (Å²) in [6, 6.07) is 3.79. The zero-order chi connectivity index (χ0) is 17.3. The van der Waals surface area contributed by atoms with Gasteiger partial charge in [-0.15, -0.1) is 0 Å². The molecule has 0 aliphatic carbocycles. The summed E-state index contributed by atoms with van der Waals surface area (Å²) >= 11 is 0. The Hall–Kier alpha value is -1.51. The molecule has 3 heteroatoms. The first-order chi connectivity index (χ1) is 9.87. The number of hydrogen-bond donors (Lipinski definition) is 1. The van der Waals surface area contributed by atoms with Crippen molar-refractivity contribution in [3.05, 3.63) is 23.3 Å². The molecule has 0 saturated carbocycles. The first-order valence-corrected chi connectivity index (χ1v) is 7.97. The molecule has 3 nitrogen and oxygen atoms in total. The lowest BCUT2D eigenvalue weighted by Gasteiger charge is -2.27. The van der Waals surface area contributed by atoms with Crippen molar-refractivity contribution in [1.82, 2.24) is 0 Å². The molecule has 0 fully saturated rings. The summed E-state index contributed by atoms with van der Waals surface area (Å²) < 4.78 is 5.48. The molecular formula is C19H30O3. The number of phenolic OH excluding ortho intramolecular Hbond substituents is 1. The smallest absolute Gasteiger partial charge is 0.314 e. The Morgan fingerprint density at radius 1 is 1.14 bits per heavy atom. The van der Waals surface area contributed by atoms with Crippen molar-refractivity contribution in [3.63, 3.8) is 0 Å². The van der Waals surface area contributed by atoms with Crippen molar-refractivity contribution in [2.24, 2.45) is 5.92 Å². The lowest BCUT2D eigenvalue weighted by molar-refractivity contribution is -0.138. The summed E-state index contributed by atoms with van der Waals surface area (Å²) in [6.07, 6.45) is 0.713. The van der Waals surface area contributed by atoms with Crippen LogP contribution in [0.5, 0.6) is 11.5 Å². The maximum Gasteiger partial charge on any atom is 0.314 e. The van der Waals surface area contributed by atoms with Crippen LogP contribution in [-0.4, -0.2) is 11.1 Å². The van der Waals surface area contributed by atoms with Crippen LogP contribution in [0, 0.1) is 5.92 Å². The second-order valence-electron chi connectivity index (χ2n) is 8.10. The van der Waals surface area contributed by atoms with Crippen LogP contribution in [0.15, 0.2) is 12.1 Å². The van der Waals surface area contributed by atoms with Crippen molar-refractivity contribution in [1.29, 1.82) is 0 Å². The largest absolute Gasteiger partial charge is 0.504 e. The molecule has 0 saturated heterocycles. The van der Waals surface area contributed by atoms with E-state index in [1.165, 1.54) is 0 Å². The van der Waals surface area contributed by atoms with Crippen LogP contribution < -0.4 is 4.74 Å². The molecule has 0 radical (unpaired) electrons. The first-order valence-electron chi connectivity index (χ1n) is 7.97. The molecule has 0 bridgehead atoms. The molecule has 22 heavy (non-hydrogen) atoms. The fraction of sp³-hybridized carbons (Fsp3) is 0.632. The minimum atomic E-state index is -0.302. The predicted octanol–water partition coefficient (Wildman–Crippen LogP) is 4.94. The molecule has 0 aliphatic heterocycles. The van der Waals surface area contributed by atoms with Gasteiger partial charge in [-0.3, -0.25) is 4.79 Å². The van der Waals surface area contributed by atoms with Gasteiger partial charge in [0.2, 0.25) is 0 Å². The topological polar surface area (TPSA) is 46.5 Å². The molecule has 1 N–H and O–H groups in total. The summed E-state index contributed by atoms with van der Waals surface area (Å²) in [5, 5.41) is 10.5. The van der Waals surface area contributed by atoms with Gasteiger partial charge in [-0.2, -0.15) is 0 Å². The van der Waals surface area contributed by atoms with Gasteiger partial charge < -0.3 is 9.84 Å². The van der Waals surface area contributed by atoms with E-state index in [0.717, 1.165) is 11.1 Å². The average molecular weight is 306 g/mol. The van der Waals surface area contributed by atoms with Crippen LogP contribution in [-0.2, 0) is 15.6 Å². The molecular weight excluding hydrogens is 276 g/mol. The average Bonchev–Trinajstić information content (AvgIpc) is 2.37. The molecule has 0 spiro atoms. The van der Waals surface area contributed by atoms with Gasteiger partial charge in [-0.25, -0.2) is 0 Å². The van der Waals surface area contributed by atoms with Gasteiger partial charge in [0.05, 0.1) is 5.92 Å². The van der Waals surface area contributed by atoms with Gasteiger partial charge >= 0.3 is 5.97 Å². The number of carbonyl (C=O) groups is 1. The van der Waals surface area contributed by atoms with E-state index < -0.39 is 0 Å². The van der Waals surface area contributed by atoms with E-state index in [-0.39, 0.29) is 34.2 Å². The quantitative estimate of drug-likeness (QED) is 0.635. The third-order valence-corrected chi connectivity index (χ3v) is 3.97. The zero-order valence-electron chi connectivity index (χ0n) is 15.2. The SMILES string of the molecule is CCC(C)C(=O)Oc1cc(C(C)(C)C)cc(C(C)(C)C)c1O. The molecule has 0 aliphatic rings. The molecule has 1 rings (SSSR count). The number of aromatic hydroxyl groups is 1. The number of esters is 1. The Kier molecular flexibility index (Phi) is 5.32. The second kappa shape index (κ2) is 6.31. The van der Waals surface area contributed by atoms with E-state index in [1.54, 1.807) is 6.07 Å². The van der Waals surface area contributed by atoms with E-state index in [4.69, 9.17) is 4.74 Å². The summed E-state index contributed by atoms with van der Waals surface area (Å²) in [7, 11) is 0. The van der Waals surface area contributed by atoms with E-state index in [2.05, 4.69) is 20.8 Å². The van der Waals surface area contributed by atoms with Crippen LogP contribution in [0.25, 0.3) is 0 Å². The van der Waals surface area contributed by atoms with E-state index in [1.807, 2.05) is 40.7 Å². The van der Waals surface area contributed by atoms with Gasteiger partial charge in [0, 0.05) is 5.56 Å². The number of rotatable bonds is 3. The summed E-state index contributed by atoms with van der Waals surface area (Å²) in [5.74, 6) is -0.153. The van der Waals surface area contributed by atoms with Crippen molar-refractivity contribution >= 4 is 5.97 Å². The van der Waals surface area contributed by atoms with Crippen molar-refractivity contribution < 1.29 is 14.6 Å². The predicted molar refractivity (Wildman–Crippen MR) is 90.6 cm³/mol. The summed E-state index contributed by atoms with van der Waals surface area (Å²) in [4.78, 5) is 12.1. The fourth-order valence-corrected chi connectivity index (χ4v) is 2.07. The van der Waals surface area contributed by atoms with E-state index in [9.17, 15) is 9.90 Å². The van der Waals surface area contributed by atoms with E-state index >= 15 is 0 Å². The van der Waals surface area contributed by atoms with Gasteiger partial charge in [-0.1, -0.05) is 61.5 Å². The highest BCUT2D eigenvalue weighted by atomic mass is 16.5. The molecule has 0 amide bonds. The highest BCUT2D eigenvalue weighted by molar-refractivity contribution is 5.76. The lowest BCUT2D eigenvalue weighted by atomic mass is 9.80. The van der Waals surface area contributed by atoms with Gasteiger partial charge in [0.25, 0.3) is 0 Å². The van der Waals surface area contributed by atoms with Gasteiger partial charge in [-0.05, 0) is 28.9 Å². The molecule has 124 valence electrons. The molecule has 1 unspecified atom stereocenters. The minimum absolute atomic E-state index is 0.0668. The Bertz CT molecular complexity index is 545. The molecule has 1 aromatic rings. The number of ether oxygens (including phenoxy) is 1. The second-order valence-corrected chi connectivity index (χ2v) is 8.10. The fourth-order valence-electron chi connectivity index (χ4n) is 2.07. The van der Waals surface area contributed by atoms with Crippen LogP contribution >= 0.6 is 0 Å². The third kappa shape index (κ3) is 4.25. The third-order valence-electron chi connectivity index (χ3n) is 3.97. The monoisotopic (exact) mass is 306 g/mol. The molecule has 1 aromatic carbocycles. The highest BCUT2D eigenvalue weighted by Gasteiger charge is 2.27. The normalized spacial score (nSPS) is 13.8. The van der Waals surface area contributed by atoms with Crippen LogP contribution in [0.3, 0.4) is 0 Å². The number of phenols is 1. The van der Waals surface area contributed by atoms with Crippen molar-refractivity contribution in [3.8, 4) is 11.5 Å². The number of hydrogen-bond acceptors (Lipinski definition) is 3. The standard InChI is InChI=1S/C19H30O3/c1-9-12(2)17(21)22-15-11-13(18(3,4)5)10-14(16(15)20)19(6,7)8/h10-12,20H,9H2,1-8H3. The van der Waals surface area contributed by atoms with Crippen molar-refractivity contribution in [2.45, 2.75) is 72.6 Å². The van der Waals surface area contributed by atoms with Gasteiger partial charge in [0.15, 0.2) is 11.5 Å². The molecule has 0 aromatic heterocycles. The van der Waals surface area contributed by atoms with Crippen LogP contribution in [0.1, 0.15) is 72.9 Å². The Labute approximate surface area is 134 Å². The highest BCUT2D eigenvalue weighted by Crippen LogP contribution is 2.41. The maximum absolute atomic E-state index is 12.1. The Morgan fingerprint density at radius 2 is 1.68 bits per heavy atom. The van der Waals surface area contributed by atoms with Crippen LogP contribution in [0.4, 0.5) is 0 Å². The number of carbonyl (C=O) groups excluding carboxylic acids is 1. The minimum Gasteiger partial charge on any atom is -0.504 e. The molecule has 1 atom stereocenters. The van der Waals surface area contributed by atoms with Crippen LogP contribution in [0.2, 0.25) is 0 Å². The Balaban J connectivity index is 3.41. The number of benzene rings is 1. The van der Waals surface area contributed by atoms with Crippen molar-refractivity contribution in [2.75, 3.05) is 0 Å². The maximum atomic E-state index is 12.1. The first kappa shape index (κ1) is 18.5. The zero-order valence-corrected chi connectivity index (χ0v) is 15.2. The van der Waals surface area contributed by atoms with Gasteiger partial charge in [0.1, 0.15) is 0 Å². The summed E-state index contributed by atoms with van der Waals surface area (Å²) in [5.41, 5.74) is 1.52. The summed E-state index contributed by atoms with van der Waals surface area (Å²) in [6.45, 7) is 16.2. The molecule has 0 heterocycles.